The average Bonchev–Trinajstić information content (AvgIpc) is 2.85. The van der Waals surface area contributed by atoms with Crippen LogP contribution in [0, 0.1) is 6.92 Å². The normalized spacial score (nSPS) is 16.3. The Balaban J connectivity index is 1.85. The van der Waals surface area contributed by atoms with Gasteiger partial charge in [0, 0.05) is 17.0 Å². The largest absolute Gasteiger partial charge is 0.451 e. The van der Waals surface area contributed by atoms with Gasteiger partial charge in [0.25, 0.3) is 5.91 Å². The molecule has 3 rings (SSSR count). The van der Waals surface area contributed by atoms with Crippen LogP contribution in [0.3, 0.4) is 0 Å². The summed E-state index contributed by atoms with van der Waals surface area (Å²) in [6.07, 6.45) is 6.88. The number of benzene rings is 1. The Morgan fingerprint density at radius 2 is 2.05 bits per heavy atom. The van der Waals surface area contributed by atoms with E-state index >= 15 is 0 Å². The fourth-order valence-electron chi connectivity index (χ4n) is 3.20. The van der Waals surface area contributed by atoms with Gasteiger partial charge >= 0.3 is 0 Å². The molecule has 1 N–H and O–H groups in total. The third kappa shape index (κ3) is 2.82. The van der Waals surface area contributed by atoms with E-state index in [9.17, 15) is 4.79 Å². The third-order valence-corrected chi connectivity index (χ3v) is 4.56. The zero-order valence-electron chi connectivity index (χ0n) is 12.9. The van der Waals surface area contributed by atoms with Crippen molar-refractivity contribution in [3.8, 4) is 0 Å². The molecular formula is C18H23NO2. The molecular weight excluding hydrogens is 262 g/mol. The molecule has 1 fully saturated rings. The van der Waals surface area contributed by atoms with Crippen molar-refractivity contribution in [1.29, 1.82) is 0 Å². The quantitative estimate of drug-likeness (QED) is 0.910. The predicted molar refractivity (Wildman–Crippen MR) is 84.7 cm³/mol. The summed E-state index contributed by atoms with van der Waals surface area (Å²) in [5.74, 6) is 0.414. The Morgan fingerprint density at radius 3 is 2.76 bits per heavy atom. The smallest absolute Gasteiger partial charge is 0.287 e. The highest BCUT2D eigenvalue weighted by molar-refractivity contribution is 5.99. The van der Waals surface area contributed by atoms with Gasteiger partial charge in [0.1, 0.15) is 5.58 Å². The fraction of sp³-hybridized carbons (Fsp3) is 0.500. The molecule has 0 radical (unpaired) electrons. The Morgan fingerprint density at radius 1 is 1.29 bits per heavy atom. The first-order chi connectivity index (χ1) is 10.2. The number of aryl methyl sites for hydroxylation is 2. The van der Waals surface area contributed by atoms with Crippen molar-refractivity contribution < 1.29 is 9.21 Å². The van der Waals surface area contributed by atoms with E-state index in [1.807, 2.05) is 13.0 Å². The van der Waals surface area contributed by atoms with Gasteiger partial charge in [-0.05, 0) is 43.9 Å². The van der Waals surface area contributed by atoms with E-state index in [1.165, 1.54) is 24.8 Å². The van der Waals surface area contributed by atoms with E-state index in [0.29, 0.717) is 11.8 Å². The molecule has 0 spiro atoms. The Labute approximate surface area is 125 Å². The summed E-state index contributed by atoms with van der Waals surface area (Å²) >= 11 is 0. The minimum Gasteiger partial charge on any atom is -0.451 e. The topological polar surface area (TPSA) is 42.2 Å². The van der Waals surface area contributed by atoms with Gasteiger partial charge in [-0.2, -0.15) is 0 Å². The first kappa shape index (κ1) is 14.2. The summed E-state index contributed by atoms with van der Waals surface area (Å²) < 4.78 is 5.79. The molecule has 0 unspecified atom stereocenters. The van der Waals surface area contributed by atoms with Crippen molar-refractivity contribution in [3.05, 3.63) is 35.1 Å². The lowest BCUT2D eigenvalue weighted by Crippen LogP contribution is -2.36. The van der Waals surface area contributed by atoms with E-state index in [-0.39, 0.29) is 5.91 Å². The summed E-state index contributed by atoms with van der Waals surface area (Å²) in [7, 11) is 0. The molecule has 1 saturated carbocycles. The van der Waals surface area contributed by atoms with Crippen LogP contribution in [0.4, 0.5) is 0 Å². The number of carbonyl (C=O) groups is 1. The van der Waals surface area contributed by atoms with Crippen LogP contribution in [-0.4, -0.2) is 11.9 Å². The molecule has 21 heavy (non-hydrogen) atoms. The van der Waals surface area contributed by atoms with E-state index in [0.717, 1.165) is 35.8 Å². The first-order valence-electron chi connectivity index (χ1n) is 8.02. The molecule has 1 aliphatic rings. The van der Waals surface area contributed by atoms with Gasteiger partial charge in [0.05, 0.1) is 0 Å². The lowest BCUT2D eigenvalue weighted by Gasteiger charge is -2.22. The maximum Gasteiger partial charge on any atom is 0.287 e. The SMILES string of the molecule is CCc1ccc2oc(C(=O)NC3CCCCC3)c(C)c2c1. The van der Waals surface area contributed by atoms with Crippen LogP contribution >= 0.6 is 0 Å². The molecule has 1 aromatic heterocycles. The van der Waals surface area contributed by atoms with Gasteiger partial charge in [-0.25, -0.2) is 0 Å². The van der Waals surface area contributed by atoms with Crippen LogP contribution in [0.15, 0.2) is 22.6 Å². The number of hydrogen-bond donors (Lipinski definition) is 1. The van der Waals surface area contributed by atoms with E-state index in [4.69, 9.17) is 4.42 Å². The molecule has 112 valence electrons. The van der Waals surface area contributed by atoms with Gasteiger partial charge < -0.3 is 9.73 Å². The highest BCUT2D eigenvalue weighted by atomic mass is 16.3. The van der Waals surface area contributed by atoms with Crippen molar-refractivity contribution >= 4 is 16.9 Å². The highest BCUT2D eigenvalue weighted by Gasteiger charge is 2.21. The number of furan rings is 1. The minimum atomic E-state index is -0.0614. The van der Waals surface area contributed by atoms with Gasteiger partial charge in [0.2, 0.25) is 0 Å². The van der Waals surface area contributed by atoms with Crippen LogP contribution in [0.25, 0.3) is 11.0 Å². The summed E-state index contributed by atoms with van der Waals surface area (Å²) in [4.78, 5) is 12.5. The van der Waals surface area contributed by atoms with Crippen molar-refractivity contribution in [2.24, 2.45) is 0 Å². The van der Waals surface area contributed by atoms with Crippen LogP contribution in [-0.2, 0) is 6.42 Å². The average molecular weight is 285 g/mol. The molecule has 0 aliphatic heterocycles. The molecule has 0 bridgehead atoms. The minimum absolute atomic E-state index is 0.0614. The fourth-order valence-corrected chi connectivity index (χ4v) is 3.20. The van der Waals surface area contributed by atoms with Crippen LogP contribution in [0.5, 0.6) is 0 Å². The van der Waals surface area contributed by atoms with Gasteiger partial charge in [0.15, 0.2) is 5.76 Å². The molecule has 1 aliphatic carbocycles. The lowest BCUT2D eigenvalue weighted by atomic mass is 9.95. The van der Waals surface area contributed by atoms with E-state index in [2.05, 4.69) is 24.4 Å². The van der Waals surface area contributed by atoms with Gasteiger partial charge in [-0.1, -0.05) is 32.3 Å². The summed E-state index contributed by atoms with van der Waals surface area (Å²) in [5, 5.41) is 4.19. The second kappa shape index (κ2) is 5.92. The Kier molecular flexibility index (Phi) is 4.00. The number of fused-ring (bicyclic) bond motifs is 1. The number of amides is 1. The second-order valence-electron chi connectivity index (χ2n) is 6.05. The third-order valence-electron chi connectivity index (χ3n) is 4.56. The number of rotatable bonds is 3. The highest BCUT2D eigenvalue weighted by Crippen LogP contribution is 2.27. The number of hydrogen-bond acceptors (Lipinski definition) is 2. The van der Waals surface area contributed by atoms with Crippen LogP contribution in [0.2, 0.25) is 0 Å². The standard InChI is InChI=1S/C18H23NO2/c1-3-13-9-10-16-15(11-13)12(2)17(21-16)18(20)19-14-7-5-4-6-8-14/h9-11,14H,3-8H2,1-2H3,(H,19,20). The predicted octanol–water partition coefficient (Wildman–Crippen LogP) is 4.37. The number of carbonyl (C=O) groups excluding carboxylic acids is 1. The molecule has 3 heteroatoms. The van der Waals surface area contributed by atoms with Crippen molar-refractivity contribution in [2.75, 3.05) is 0 Å². The molecule has 3 nitrogen and oxygen atoms in total. The molecule has 0 atom stereocenters. The first-order valence-corrected chi connectivity index (χ1v) is 8.02. The molecule has 1 aromatic carbocycles. The maximum absolute atomic E-state index is 12.5. The molecule has 0 saturated heterocycles. The van der Waals surface area contributed by atoms with E-state index < -0.39 is 0 Å². The zero-order chi connectivity index (χ0) is 14.8. The maximum atomic E-state index is 12.5. The summed E-state index contributed by atoms with van der Waals surface area (Å²) in [5.41, 5.74) is 3.03. The molecule has 1 heterocycles. The van der Waals surface area contributed by atoms with Gasteiger partial charge in [-0.3, -0.25) is 4.79 Å². The van der Waals surface area contributed by atoms with Crippen molar-refractivity contribution in [2.45, 2.75) is 58.4 Å². The van der Waals surface area contributed by atoms with Crippen LogP contribution in [0.1, 0.15) is 60.7 Å². The number of nitrogens with one attached hydrogen (secondary N) is 1. The molecule has 2 aromatic rings. The van der Waals surface area contributed by atoms with Gasteiger partial charge in [-0.15, -0.1) is 0 Å². The zero-order valence-corrected chi connectivity index (χ0v) is 12.9. The second-order valence-corrected chi connectivity index (χ2v) is 6.05. The summed E-state index contributed by atoms with van der Waals surface area (Å²) in [6.45, 7) is 4.11. The van der Waals surface area contributed by atoms with E-state index in [1.54, 1.807) is 0 Å². The monoisotopic (exact) mass is 285 g/mol. The Bertz CT molecular complexity index is 651. The van der Waals surface area contributed by atoms with Crippen molar-refractivity contribution in [3.63, 3.8) is 0 Å². The summed E-state index contributed by atoms with van der Waals surface area (Å²) in [6, 6.07) is 6.48. The van der Waals surface area contributed by atoms with Crippen LogP contribution < -0.4 is 5.32 Å². The van der Waals surface area contributed by atoms with Crippen molar-refractivity contribution in [1.82, 2.24) is 5.32 Å². The lowest BCUT2D eigenvalue weighted by molar-refractivity contribution is 0.0901. The molecule has 1 amide bonds. The Hall–Kier alpha value is -1.77.